The number of carbonyl (C=O) groups is 3. The molecule has 8 nitrogen and oxygen atoms in total. The number of β-amino-alcohol motifs (C(OH)–C–C–N with tert-alkyl or cyclic N) is 1. The van der Waals surface area contributed by atoms with Crippen molar-refractivity contribution in [1.29, 1.82) is 0 Å². The van der Waals surface area contributed by atoms with Gasteiger partial charge in [0, 0.05) is 38.1 Å². The summed E-state index contributed by atoms with van der Waals surface area (Å²) in [5.41, 5.74) is -0.197. The number of likely N-dealkylation sites (N-methyl/N-ethyl adjacent to an activating group) is 1. The number of amides is 3. The number of hydrogen-bond donors (Lipinski definition) is 1. The lowest BCUT2D eigenvalue weighted by Crippen LogP contribution is -2.57. The Bertz CT molecular complexity index is 1000. The number of aliphatic hydroxyl groups is 1. The summed E-state index contributed by atoms with van der Waals surface area (Å²) < 4.78 is 6.48. The first-order valence-electron chi connectivity index (χ1n) is 11.8. The number of fused-ring (bicyclic) bond motifs is 1. The number of rotatable bonds is 10. The maximum atomic E-state index is 14.1. The van der Waals surface area contributed by atoms with Crippen molar-refractivity contribution in [2.24, 2.45) is 11.8 Å². The molecule has 9 heteroatoms. The number of carbonyl (C=O) groups excluding carboxylic acids is 3. The molecule has 3 heterocycles. The Morgan fingerprint density at radius 3 is 2.54 bits per heavy atom. The van der Waals surface area contributed by atoms with Crippen molar-refractivity contribution in [2.75, 3.05) is 33.3 Å². The highest BCUT2D eigenvalue weighted by molar-refractivity contribution is 9.09. The zero-order valence-corrected chi connectivity index (χ0v) is 21.5. The van der Waals surface area contributed by atoms with Gasteiger partial charge < -0.3 is 24.5 Å². The molecule has 1 N–H and O–H groups in total. The molecule has 3 fully saturated rings. The number of alkyl halides is 1. The summed E-state index contributed by atoms with van der Waals surface area (Å²) in [6.45, 7) is 8.18. The zero-order valence-electron chi connectivity index (χ0n) is 19.9. The van der Waals surface area contributed by atoms with Gasteiger partial charge in [-0.1, -0.05) is 58.4 Å². The molecule has 1 spiro atoms. The summed E-state index contributed by atoms with van der Waals surface area (Å²) in [5.74, 6) is -2.30. The molecule has 4 rings (SSSR count). The van der Waals surface area contributed by atoms with Crippen molar-refractivity contribution < 1.29 is 24.2 Å². The molecule has 188 valence electrons. The minimum absolute atomic E-state index is 0.00879. The molecule has 0 aliphatic carbocycles. The minimum Gasteiger partial charge on any atom is -0.395 e. The highest BCUT2D eigenvalue weighted by Gasteiger charge is 2.76. The molecule has 3 amide bonds. The lowest BCUT2D eigenvalue weighted by atomic mass is 9.70. The van der Waals surface area contributed by atoms with Gasteiger partial charge in [0.05, 0.1) is 24.5 Å². The molecule has 0 aromatic heterocycles. The van der Waals surface area contributed by atoms with Crippen LogP contribution in [-0.4, -0.2) is 93.4 Å². The Morgan fingerprint density at radius 2 is 1.91 bits per heavy atom. The van der Waals surface area contributed by atoms with Crippen molar-refractivity contribution in [1.82, 2.24) is 14.7 Å². The maximum Gasteiger partial charge on any atom is 0.248 e. The monoisotopic (exact) mass is 545 g/mol. The Balaban J connectivity index is 1.73. The molecule has 3 aliphatic rings. The van der Waals surface area contributed by atoms with E-state index in [1.807, 2.05) is 30.3 Å². The van der Waals surface area contributed by atoms with Gasteiger partial charge in [-0.15, -0.1) is 13.2 Å². The van der Waals surface area contributed by atoms with Crippen LogP contribution in [0.2, 0.25) is 0 Å². The van der Waals surface area contributed by atoms with E-state index in [0.717, 1.165) is 5.56 Å². The Morgan fingerprint density at radius 1 is 1.23 bits per heavy atom. The third-order valence-electron chi connectivity index (χ3n) is 7.31. The van der Waals surface area contributed by atoms with Crippen LogP contribution in [0.15, 0.2) is 55.6 Å². The van der Waals surface area contributed by atoms with Crippen LogP contribution in [0.1, 0.15) is 12.0 Å². The molecule has 1 aromatic carbocycles. The second-order valence-electron chi connectivity index (χ2n) is 9.42. The number of benzene rings is 1. The highest BCUT2D eigenvalue weighted by Crippen LogP contribution is 2.60. The summed E-state index contributed by atoms with van der Waals surface area (Å²) in [6, 6.07) is 8.66. The van der Waals surface area contributed by atoms with Gasteiger partial charge >= 0.3 is 0 Å². The molecule has 0 radical (unpaired) electrons. The van der Waals surface area contributed by atoms with Crippen molar-refractivity contribution in [3.8, 4) is 0 Å². The topological polar surface area (TPSA) is 90.4 Å². The van der Waals surface area contributed by atoms with Gasteiger partial charge in [0.25, 0.3) is 0 Å². The number of likely N-dealkylation sites (tertiary alicyclic amines) is 1. The molecule has 1 aromatic rings. The minimum atomic E-state index is -1.15. The van der Waals surface area contributed by atoms with Crippen LogP contribution >= 0.6 is 15.9 Å². The van der Waals surface area contributed by atoms with E-state index in [-0.39, 0.29) is 42.2 Å². The SMILES string of the molecule is C=CCN(C)C(=O)[C@H]1[C@@H]2OC3(CC2Br)C(C(=O)N(CC=C)Cc2ccccc2)N(CCO)C(=O)[C@H]13. The number of halogens is 1. The molecule has 0 saturated carbocycles. The summed E-state index contributed by atoms with van der Waals surface area (Å²) >= 11 is 3.66. The second-order valence-corrected chi connectivity index (χ2v) is 10.6. The van der Waals surface area contributed by atoms with Crippen molar-refractivity contribution in [3.05, 3.63) is 61.2 Å². The van der Waals surface area contributed by atoms with Crippen molar-refractivity contribution in [3.63, 3.8) is 0 Å². The number of hydrogen-bond acceptors (Lipinski definition) is 5. The fourth-order valence-electron chi connectivity index (χ4n) is 5.94. The quantitative estimate of drug-likeness (QED) is 0.356. The van der Waals surface area contributed by atoms with E-state index in [0.29, 0.717) is 19.5 Å². The predicted molar refractivity (Wildman–Crippen MR) is 134 cm³/mol. The second kappa shape index (κ2) is 10.2. The third-order valence-corrected chi connectivity index (χ3v) is 8.15. The smallest absolute Gasteiger partial charge is 0.248 e. The molecular formula is C26H32BrN3O5. The van der Waals surface area contributed by atoms with E-state index in [1.54, 1.807) is 24.1 Å². The number of nitrogens with zero attached hydrogens (tertiary/aromatic N) is 3. The number of aliphatic hydroxyl groups excluding tert-OH is 1. The van der Waals surface area contributed by atoms with Crippen LogP contribution in [0.4, 0.5) is 0 Å². The van der Waals surface area contributed by atoms with E-state index in [9.17, 15) is 19.5 Å². The Kier molecular flexibility index (Phi) is 7.49. The van der Waals surface area contributed by atoms with Crippen LogP contribution in [0.3, 0.4) is 0 Å². The van der Waals surface area contributed by atoms with Gasteiger partial charge in [-0.05, 0) is 12.0 Å². The van der Waals surface area contributed by atoms with Crippen LogP contribution in [-0.2, 0) is 25.7 Å². The molecular weight excluding hydrogens is 514 g/mol. The van der Waals surface area contributed by atoms with E-state index in [4.69, 9.17) is 4.74 Å². The molecule has 6 atom stereocenters. The maximum absolute atomic E-state index is 14.1. The normalized spacial score (nSPS) is 30.8. The molecule has 3 saturated heterocycles. The lowest BCUT2D eigenvalue weighted by molar-refractivity contribution is -0.149. The van der Waals surface area contributed by atoms with Gasteiger partial charge in [0.2, 0.25) is 17.7 Å². The predicted octanol–water partition coefficient (Wildman–Crippen LogP) is 1.59. The average molecular weight is 546 g/mol. The van der Waals surface area contributed by atoms with E-state index in [1.165, 1.54) is 9.80 Å². The van der Waals surface area contributed by atoms with Gasteiger partial charge in [-0.25, -0.2) is 0 Å². The average Bonchev–Trinajstić information content (AvgIpc) is 3.43. The summed E-state index contributed by atoms with van der Waals surface area (Å²) in [6.07, 6.45) is 3.19. The van der Waals surface area contributed by atoms with Crippen LogP contribution in [0.5, 0.6) is 0 Å². The standard InChI is InChI=1S/C26H32BrN3O5/c1-4-11-28(3)23(32)19-20-24(33)30(13-14-31)22(26(20)15-18(27)21(19)35-26)25(34)29(12-5-2)16-17-9-7-6-8-10-17/h4-10,18-22,31H,1-2,11-16H2,3H3/t18?,19-,20+,21-,22?,26?/m1/s1. The fraction of sp³-hybridized carbons (Fsp3) is 0.500. The van der Waals surface area contributed by atoms with Gasteiger partial charge in [0.15, 0.2) is 0 Å². The molecule has 3 aliphatic heterocycles. The van der Waals surface area contributed by atoms with E-state index >= 15 is 0 Å². The first-order valence-corrected chi connectivity index (χ1v) is 12.7. The van der Waals surface area contributed by atoms with Crippen molar-refractivity contribution in [2.45, 2.75) is 35.5 Å². The van der Waals surface area contributed by atoms with Gasteiger partial charge in [-0.3, -0.25) is 14.4 Å². The fourth-order valence-corrected chi connectivity index (χ4v) is 6.89. The highest BCUT2D eigenvalue weighted by atomic mass is 79.9. The Labute approximate surface area is 214 Å². The van der Waals surface area contributed by atoms with Gasteiger partial charge in [0.1, 0.15) is 11.6 Å². The van der Waals surface area contributed by atoms with E-state index < -0.39 is 29.6 Å². The zero-order chi connectivity index (χ0) is 25.3. The first kappa shape index (κ1) is 25.6. The largest absolute Gasteiger partial charge is 0.395 e. The molecule has 3 unspecified atom stereocenters. The molecule has 35 heavy (non-hydrogen) atoms. The molecule has 2 bridgehead atoms. The third kappa shape index (κ3) is 4.23. The van der Waals surface area contributed by atoms with Crippen LogP contribution < -0.4 is 0 Å². The van der Waals surface area contributed by atoms with E-state index in [2.05, 4.69) is 29.1 Å². The van der Waals surface area contributed by atoms with Crippen molar-refractivity contribution >= 4 is 33.7 Å². The first-order chi connectivity index (χ1) is 16.8. The van der Waals surface area contributed by atoms with Gasteiger partial charge in [-0.2, -0.15) is 0 Å². The van der Waals surface area contributed by atoms with Crippen LogP contribution in [0.25, 0.3) is 0 Å². The summed E-state index contributed by atoms with van der Waals surface area (Å²) in [4.78, 5) is 45.7. The summed E-state index contributed by atoms with van der Waals surface area (Å²) in [5, 5.41) is 9.77. The summed E-state index contributed by atoms with van der Waals surface area (Å²) in [7, 11) is 1.67. The lowest BCUT2D eigenvalue weighted by Gasteiger charge is -2.37. The number of ether oxygens (including phenoxy) is 1. The Hall–Kier alpha value is -2.49. The van der Waals surface area contributed by atoms with Crippen LogP contribution in [0, 0.1) is 11.8 Å².